The molecule has 0 aromatic rings. The lowest BCUT2D eigenvalue weighted by Crippen LogP contribution is -2.29. The number of hydrogen-bond donors (Lipinski definition) is 0. The van der Waals surface area contributed by atoms with Gasteiger partial charge in [-0.05, 0) is 25.9 Å². The van der Waals surface area contributed by atoms with Gasteiger partial charge in [0.1, 0.15) is 6.61 Å². The summed E-state index contributed by atoms with van der Waals surface area (Å²) in [6, 6.07) is 0. The van der Waals surface area contributed by atoms with E-state index in [1.165, 1.54) is 6.08 Å². The van der Waals surface area contributed by atoms with E-state index < -0.39 is 0 Å². The van der Waals surface area contributed by atoms with Crippen LogP contribution in [-0.4, -0.2) is 37.1 Å². The third-order valence-electron chi connectivity index (χ3n) is 1.90. The molecular weight excluding hydrogens is 178 g/mol. The number of nitrogens with zero attached hydrogens (tertiary/aromatic N) is 1. The van der Waals surface area contributed by atoms with Gasteiger partial charge in [0.15, 0.2) is 0 Å². The molecule has 0 aliphatic carbocycles. The average molecular weight is 199 g/mol. The molecule has 0 aromatic carbocycles. The predicted octanol–water partition coefficient (Wildman–Crippen LogP) is 1.84. The molecule has 0 radical (unpaired) electrons. The first kappa shape index (κ1) is 13.2. The van der Waals surface area contributed by atoms with Crippen LogP contribution < -0.4 is 0 Å². The Morgan fingerprint density at radius 2 is 1.86 bits per heavy atom. The summed E-state index contributed by atoms with van der Waals surface area (Å²) in [5, 5.41) is 0. The number of rotatable bonds is 8. The van der Waals surface area contributed by atoms with E-state index in [4.69, 9.17) is 4.74 Å². The van der Waals surface area contributed by atoms with Crippen molar-refractivity contribution in [2.24, 2.45) is 0 Å². The lowest BCUT2D eigenvalue weighted by molar-refractivity contribution is -0.138. The summed E-state index contributed by atoms with van der Waals surface area (Å²) in [4.78, 5) is 13.1. The van der Waals surface area contributed by atoms with Crippen molar-refractivity contribution in [3.05, 3.63) is 12.7 Å². The monoisotopic (exact) mass is 199 g/mol. The van der Waals surface area contributed by atoms with Crippen LogP contribution in [0.15, 0.2) is 12.7 Å². The molecule has 0 aromatic heterocycles. The summed E-state index contributed by atoms with van der Waals surface area (Å²) < 4.78 is 4.92. The van der Waals surface area contributed by atoms with Crippen LogP contribution >= 0.6 is 0 Å². The zero-order valence-electron chi connectivity index (χ0n) is 9.29. The van der Waals surface area contributed by atoms with Gasteiger partial charge in [-0.3, -0.25) is 4.90 Å². The Bertz CT molecular complexity index is 163. The highest BCUT2D eigenvalue weighted by atomic mass is 16.5. The minimum absolute atomic E-state index is 0.335. The second kappa shape index (κ2) is 8.75. The molecule has 14 heavy (non-hydrogen) atoms. The van der Waals surface area contributed by atoms with Crippen molar-refractivity contribution in [1.82, 2.24) is 4.90 Å². The van der Waals surface area contributed by atoms with Crippen molar-refractivity contribution in [3.8, 4) is 0 Å². The van der Waals surface area contributed by atoms with Crippen molar-refractivity contribution < 1.29 is 9.53 Å². The van der Waals surface area contributed by atoms with Gasteiger partial charge in [0.2, 0.25) is 0 Å². The van der Waals surface area contributed by atoms with Crippen LogP contribution in [0.3, 0.4) is 0 Å². The molecule has 0 unspecified atom stereocenters. The van der Waals surface area contributed by atoms with E-state index in [2.05, 4.69) is 25.3 Å². The lowest BCUT2D eigenvalue weighted by atomic mass is 10.3. The number of carbonyl (C=O) groups excluding carboxylic acids is 1. The SMILES string of the molecule is C=CC(=O)OCCN(CCC)CCC. The Kier molecular flexibility index (Phi) is 8.24. The summed E-state index contributed by atoms with van der Waals surface area (Å²) >= 11 is 0. The van der Waals surface area contributed by atoms with Crippen LogP contribution in [-0.2, 0) is 9.53 Å². The topological polar surface area (TPSA) is 29.5 Å². The molecule has 0 aliphatic heterocycles. The highest BCUT2D eigenvalue weighted by molar-refractivity contribution is 5.81. The first-order valence-corrected chi connectivity index (χ1v) is 5.26. The van der Waals surface area contributed by atoms with Crippen LogP contribution in [0.1, 0.15) is 26.7 Å². The fourth-order valence-corrected chi connectivity index (χ4v) is 1.30. The van der Waals surface area contributed by atoms with Crippen LogP contribution in [0.5, 0.6) is 0 Å². The number of carbonyl (C=O) groups is 1. The molecule has 3 nitrogen and oxygen atoms in total. The van der Waals surface area contributed by atoms with Crippen molar-refractivity contribution in [1.29, 1.82) is 0 Å². The Morgan fingerprint density at radius 1 is 1.29 bits per heavy atom. The molecule has 82 valence electrons. The minimum Gasteiger partial charge on any atom is -0.461 e. The second-order valence-electron chi connectivity index (χ2n) is 3.21. The van der Waals surface area contributed by atoms with Gasteiger partial charge in [-0.15, -0.1) is 0 Å². The maximum absolute atomic E-state index is 10.8. The van der Waals surface area contributed by atoms with E-state index in [-0.39, 0.29) is 5.97 Å². The smallest absolute Gasteiger partial charge is 0.330 e. The minimum atomic E-state index is -0.335. The summed E-state index contributed by atoms with van der Waals surface area (Å²) in [6.07, 6.45) is 3.47. The summed E-state index contributed by atoms with van der Waals surface area (Å²) in [5.74, 6) is -0.335. The highest BCUT2D eigenvalue weighted by Gasteiger charge is 2.03. The van der Waals surface area contributed by atoms with Crippen molar-refractivity contribution in [3.63, 3.8) is 0 Å². The Balaban J connectivity index is 3.58. The van der Waals surface area contributed by atoms with Gasteiger partial charge in [-0.2, -0.15) is 0 Å². The summed E-state index contributed by atoms with van der Waals surface area (Å²) in [5.41, 5.74) is 0. The van der Waals surface area contributed by atoms with E-state index in [9.17, 15) is 4.79 Å². The molecule has 3 heteroatoms. The molecule has 0 rings (SSSR count). The molecular formula is C11H21NO2. The summed E-state index contributed by atoms with van der Waals surface area (Å²) in [7, 11) is 0. The molecule has 0 spiro atoms. The van der Waals surface area contributed by atoms with Crippen LogP contribution in [0.4, 0.5) is 0 Å². The Morgan fingerprint density at radius 3 is 2.29 bits per heavy atom. The average Bonchev–Trinajstić information content (AvgIpc) is 2.18. The van der Waals surface area contributed by atoms with Crippen LogP contribution in [0, 0.1) is 0 Å². The molecule has 0 atom stereocenters. The quantitative estimate of drug-likeness (QED) is 0.441. The number of ether oxygens (including phenoxy) is 1. The zero-order valence-corrected chi connectivity index (χ0v) is 9.29. The first-order valence-electron chi connectivity index (χ1n) is 5.26. The van der Waals surface area contributed by atoms with Crippen molar-refractivity contribution in [2.75, 3.05) is 26.2 Å². The normalized spacial score (nSPS) is 10.2. The third kappa shape index (κ3) is 6.66. The molecule has 0 N–H and O–H groups in total. The van der Waals surface area contributed by atoms with E-state index in [1.807, 2.05) is 0 Å². The molecule has 0 heterocycles. The highest BCUT2D eigenvalue weighted by Crippen LogP contribution is 1.94. The van der Waals surface area contributed by atoms with Gasteiger partial charge in [-0.25, -0.2) is 4.79 Å². The fraction of sp³-hybridized carbons (Fsp3) is 0.727. The van der Waals surface area contributed by atoms with Crippen molar-refractivity contribution in [2.45, 2.75) is 26.7 Å². The molecule has 0 fully saturated rings. The van der Waals surface area contributed by atoms with Crippen LogP contribution in [0.2, 0.25) is 0 Å². The number of hydrogen-bond acceptors (Lipinski definition) is 3. The largest absolute Gasteiger partial charge is 0.461 e. The molecule has 0 saturated carbocycles. The van der Waals surface area contributed by atoms with Gasteiger partial charge in [0.25, 0.3) is 0 Å². The second-order valence-corrected chi connectivity index (χ2v) is 3.21. The molecule has 0 amide bonds. The van der Waals surface area contributed by atoms with Gasteiger partial charge in [0.05, 0.1) is 0 Å². The van der Waals surface area contributed by atoms with Gasteiger partial charge >= 0.3 is 5.97 Å². The first-order chi connectivity index (χ1) is 6.74. The maximum atomic E-state index is 10.8. The predicted molar refractivity (Wildman–Crippen MR) is 58.2 cm³/mol. The van der Waals surface area contributed by atoms with Crippen molar-refractivity contribution >= 4 is 5.97 Å². The summed E-state index contributed by atoms with van der Waals surface area (Å²) in [6.45, 7) is 11.1. The van der Waals surface area contributed by atoms with Crippen LogP contribution in [0.25, 0.3) is 0 Å². The maximum Gasteiger partial charge on any atom is 0.330 e. The molecule has 0 saturated heterocycles. The zero-order chi connectivity index (χ0) is 10.8. The standard InChI is InChI=1S/C11H21NO2/c1-4-7-12(8-5-2)9-10-14-11(13)6-3/h6H,3-5,7-10H2,1-2H3. The molecule has 0 bridgehead atoms. The van der Waals surface area contributed by atoms with Gasteiger partial charge in [0, 0.05) is 12.6 Å². The van der Waals surface area contributed by atoms with Gasteiger partial charge < -0.3 is 4.74 Å². The van der Waals surface area contributed by atoms with Gasteiger partial charge in [-0.1, -0.05) is 20.4 Å². The van der Waals surface area contributed by atoms with E-state index in [0.717, 1.165) is 32.5 Å². The lowest BCUT2D eigenvalue weighted by Gasteiger charge is -2.20. The Hall–Kier alpha value is -0.830. The van der Waals surface area contributed by atoms with E-state index in [1.54, 1.807) is 0 Å². The van der Waals surface area contributed by atoms with E-state index >= 15 is 0 Å². The van der Waals surface area contributed by atoms with E-state index in [0.29, 0.717) is 6.61 Å². The number of esters is 1. The molecule has 0 aliphatic rings. The fourth-order valence-electron chi connectivity index (χ4n) is 1.30. The Labute approximate surface area is 86.7 Å². The third-order valence-corrected chi connectivity index (χ3v) is 1.90.